The summed E-state index contributed by atoms with van der Waals surface area (Å²) in [4.78, 5) is 14.1. The highest BCUT2D eigenvalue weighted by Gasteiger charge is 2.24. The maximum Gasteiger partial charge on any atom is 0.236 e. The van der Waals surface area contributed by atoms with E-state index in [1.807, 2.05) is 28.0 Å². The summed E-state index contributed by atoms with van der Waals surface area (Å²) >= 11 is 0. The lowest BCUT2D eigenvalue weighted by Crippen LogP contribution is -2.43. The zero-order valence-electron chi connectivity index (χ0n) is 12.0. The molecule has 0 unspecified atom stereocenters. The van der Waals surface area contributed by atoms with Gasteiger partial charge in [0.2, 0.25) is 5.91 Å². The summed E-state index contributed by atoms with van der Waals surface area (Å²) < 4.78 is 2.00. The third-order valence-corrected chi connectivity index (χ3v) is 4.38. The number of nitrogens with one attached hydrogen (secondary N) is 1. The number of aromatic nitrogens is 2. The van der Waals surface area contributed by atoms with Gasteiger partial charge in [-0.3, -0.25) is 9.48 Å². The van der Waals surface area contributed by atoms with Gasteiger partial charge in [0.15, 0.2) is 0 Å². The smallest absolute Gasteiger partial charge is 0.236 e. The Balaban J connectivity index is 1.35. The Morgan fingerprint density at radius 1 is 1.20 bits per heavy atom. The van der Waals surface area contributed by atoms with Crippen LogP contribution in [-0.4, -0.2) is 46.8 Å². The first kappa shape index (κ1) is 13.6. The van der Waals surface area contributed by atoms with Crippen LogP contribution in [0.2, 0.25) is 0 Å². The second kappa shape index (κ2) is 6.39. The van der Waals surface area contributed by atoms with Crippen LogP contribution in [0.15, 0.2) is 18.5 Å². The Morgan fingerprint density at radius 3 is 2.65 bits per heavy atom. The van der Waals surface area contributed by atoms with E-state index in [-0.39, 0.29) is 5.91 Å². The van der Waals surface area contributed by atoms with Gasteiger partial charge in [0.1, 0.15) is 0 Å². The Kier molecular flexibility index (Phi) is 4.35. The summed E-state index contributed by atoms with van der Waals surface area (Å²) in [5.41, 5.74) is 0. The van der Waals surface area contributed by atoms with Crippen LogP contribution in [0.5, 0.6) is 0 Å². The van der Waals surface area contributed by atoms with Gasteiger partial charge in [0, 0.05) is 32.0 Å². The van der Waals surface area contributed by atoms with E-state index in [4.69, 9.17) is 0 Å². The number of likely N-dealkylation sites (tertiary alicyclic amines) is 1. The standard InChI is InChI=1S/C15H24N4O/c20-15(11-16-10-13-2-3-13)18-8-4-14(5-9-18)12-19-7-1-6-17-19/h1,6-7,13-14,16H,2-5,8-12H2. The molecule has 1 amide bonds. The highest BCUT2D eigenvalue weighted by atomic mass is 16.2. The molecule has 1 saturated carbocycles. The predicted molar refractivity (Wildman–Crippen MR) is 77.1 cm³/mol. The molecule has 0 spiro atoms. The highest BCUT2D eigenvalue weighted by molar-refractivity contribution is 5.78. The minimum absolute atomic E-state index is 0.267. The molecule has 1 aromatic heterocycles. The third kappa shape index (κ3) is 3.82. The van der Waals surface area contributed by atoms with Crippen LogP contribution in [0.1, 0.15) is 25.7 Å². The molecule has 1 aliphatic carbocycles. The fourth-order valence-electron chi connectivity index (χ4n) is 2.85. The molecule has 5 heteroatoms. The highest BCUT2D eigenvalue weighted by Crippen LogP contribution is 2.27. The molecule has 0 atom stereocenters. The van der Waals surface area contributed by atoms with Crippen LogP contribution < -0.4 is 5.32 Å². The minimum atomic E-state index is 0.267. The maximum absolute atomic E-state index is 12.1. The molecule has 3 rings (SSSR count). The van der Waals surface area contributed by atoms with Crippen LogP contribution >= 0.6 is 0 Å². The Bertz CT molecular complexity index is 419. The van der Waals surface area contributed by atoms with E-state index in [0.29, 0.717) is 12.5 Å². The van der Waals surface area contributed by atoms with E-state index in [1.54, 1.807) is 0 Å². The van der Waals surface area contributed by atoms with Crippen molar-refractivity contribution >= 4 is 5.91 Å². The van der Waals surface area contributed by atoms with Crippen molar-refractivity contribution in [1.82, 2.24) is 20.0 Å². The molecule has 2 fully saturated rings. The van der Waals surface area contributed by atoms with Crippen LogP contribution in [0, 0.1) is 11.8 Å². The zero-order valence-corrected chi connectivity index (χ0v) is 12.0. The number of carbonyl (C=O) groups is 1. The normalized spacial score (nSPS) is 20.3. The van der Waals surface area contributed by atoms with Crippen LogP contribution in [0.4, 0.5) is 0 Å². The van der Waals surface area contributed by atoms with Crippen molar-refractivity contribution in [3.05, 3.63) is 18.5 Å². The van der Waals surface area contributed by atoms with Gasteiger partial charge >= 0.3 is 0 Å². The molecule has 1 saturated heterocycles. The molecule has 0 aromatic carbocycles. The molecule has 5 nitrogen and oxygen atoms in total. The van der Waals surface area contributed by atoms with Crippen LogP contribution in [-0.2, 0) is 11.3 Å². The zero-order chi connectivity index (χ0) is 13.8. The minimum Gasteiger partial charge on any atom is -0.342 e. The lowest BCUT2D eigenvalue weighted by molar-refractivity contribution is -0.131. The molecule has 1 N–H and O–H groups in total. The number of hydrogen-bond donors (Lipinski definition) is 1. The average molecular weight is 276 g/mol. The summed E-state index contributed by atoms with van der Waals surface area (Å²) in [6.45, 7) is 4.31. The second-order valence-corrected chi connectivity index (χ2v) is 6.13. The van der Waals surface area contributed by atoms with Crippen molar-refractivity contribution in [2.45, 2.75) is 32.2 Å². The summed E-state index contributed by atoms with van der Waals surface area (Å²) in [5.74, 6) is 1.75. The van der Waals surface area contributed by atoms with Crippen molar-refractivity contribution in [3.63, 3.8) is 0 Å². The summed E-state index contributed by atoms with van der Waals surface area (Å²) in [5, 5.41) is 7.54. The van der Waals surface area contributed by atoms with E-state index in [1.165, 1.54) is 12.8 Å². The summed E-state index contributed by atoms with van der Waals surface area (Å²) in [7, 11) is 0. The van der Waals surface area contributed by atoms with Crippen molar-refractivity contribution in [3.8, 4) is 0 Å². The largest absolute Gasteiger partial charge is 0.342 e. The fourth-order valence-corrected chi connectivity index (χ4v) is 2.85. The monoisotopic (exact) mass is 276 g/mol. The summed E-state index contributed by atoms with van der Waals surface area (Å²) in [6.07, 6.45) is 8.69. The Hall–Kier alpha value is -1.36. The van der Waals surface area contributed by atoms with Crippen LogP contribution in [0.25, 0.3) is 0 Å². The first-order valence-corrected chi connectivity index (χ1v) is 7.77. The third-order valence-electron chi connectivity index (χ3n) is 4.38. The summed E-state index contributed by atoms with van der Waals surface area (Å²) in [6, 6.07) is 1.96. The van der Waals surface area contributed by atoms with Gasteiger partial charge in [-0.15, -0.1) is 0 Å². The van der Waals surface area contributed by atoms with Gasteiger partial charge in [-0.05, 0) is 50.1 Å². The predicted octanol–water partition coefficient (Wildman–Crippen LogP) is 1.12. The molecule has 1 aromatic rings. The molecule has 1 aliphatic heterocycles. The molecule has 110 valence electrons. The molecule has 2 heterocycles. The first-order valence-electron chi connectivity index (χ1n) is 7.77. The van der Waals surface area contributed by atoms with Gasteiger partial charge < -0.3 is 10.2 Å². The molecule has 2 aliphatic rings. The van der Waals surface area contributed by atoms with Gasteiger partial charge in [-0.25, -0.2) is 0 Å². The molecular weight excluding hydrogens is 252 g/mol. The van der Waals surface area contributed by atoms with E-state index < -0.39 is 0 Å². The molecular formula is C15H24N4O. The topological polar surface area (TPSA) is 50.2 Å². The van der Waals surface area contributed by atoms with Crippen molar-refractivity contribution < 1.29 is 4.79 Å². The van der Waals surface area contributed by atoms with Gasteiger partial charge in [-0.1, -0.05) is 0 Å². The number of hydrogen-bond acceptors (Lipinski definition) is 3. The van der Waals surface area contributed by atoms with Crippen molar-refractivity contribution in [2.75, 3.05) is 26.2 Å². The quantitative estimate of drug-likeness (QED) is 0.847. The Morgan fingerprint density at radius 2 is 2.00 bits per heavy atom. The SMILES string of the molecule is O=C(CNCC1CC1)N1CCC(Cn2cccn2)CC1. The van der Waals surface area contributed by atoms with Crippen LogP contribution in [0.3, 0.4) is 0 Å². The van der Waals surface area contributed by atoms with E-state index in [9.17, 15) is 4.79 Å². The number of amides is 1. The van der Waals surface area contributed by atoms with Gasteiger partial charge in [-0.2, -0.15) is 5.10 Å². The molecule has 0 radical (unpaired) electrons. The maximum atomic E-state index is 12.1. The molecule has 20 heavy (non-hydrogen) atoms. The molecule has 0 bridgehead atoms. The number of piperidine rings is 1. The second-order valence-electron chi connectivity index (χ2n) is 6.13. The van der Waals surface area contributed by atoms with Gasteiger partial charge in [0.25, 0.3) is 0 Å². The van der Waals surface area contributed by atoms with Gasteiger partial charge in [0.05, 0.1) is 6.54 Å². The van der Waals surface area contributed by atoms with E-state index in [0.717, 1.165) is 44.9 Å². The average Bonchev–Trinajstić information content (AvgIpc) is 3.15. The van der Waals surface area contributed by atoms with Crippen molar-refractivity contribution in [2.24, 2.45) is 11.8 Å². The van der Waals surface area contributed by atoms with Crippen molar-refractivity contribution in [1.29, 1.82) is 0 Å². The number of rotatable bonds is 6. The van der Waals surface area contributed by atoms with E-state index in [2.05, 4.69) is 10.4 Å². The number of carbonyl (C=O) groups excluding carboxylic acids is 1. The first-order chi connectivity index (χ1) is 9.81. The van der Waals surface area contributed by atoms with E-state index >= 15 is 0 Å². The lowest BCUT2D eigenvalue weighted by Gasteiger charge is -2.32. The number of nitrogens with zero attached hydrogens (tertiary/aromatic N) is 3. The fraction of sp³-hybridized carbons (Fsp3) is 0.733. The Labute approximate surface area is 120 Å². The lowest BCUT2D eigenvalue weighted by atomic mass is 9.97.